The molecule has 0 aliphatic carbocycles. The summed E-state index contributed by atoms with van der Waals surface area (Å²) in [6.45, 7) is 2.80. The van der Waals surface area contributed by atoms with Gasteiger partial charge in [0, 0.05) is 27.3 Å². The van der Waals surface area contributed by atoms with Crippen molar-refractivity contribution in [1.82, 2.24) is 10.3 Å². The molecule has 0 fully saturated rings. The molecule has 0 saturated carbocycles. The van der Waals surface area contributed by atoms with Gasteiger partial charge in [-0.25, -0.2) is 4.39 Å². The minimum absolute atomic E-state index is 0.0817. The van der Waals surface area contributed by atoms with Crippen molar-refractivity contribution < 1.29 is 4.39 Å². The number of hydrogen-bond acceptors (Lipinski definition) is 3. The Morgan fingerprint density at radius 2 is 2.39 bits per heavy atom. The zero-order chi connectivity index (χ0) is 13.0. The van der Waals surface area contributed by atoms with Gasteiger partial charge in [0.2, 0.25) is 0 Å². The standard InChI is InChI=1S/C13H14BrFN2S/c1-2-16-12(7-10-6-9(14)8-18-10)13-11(15)4-3-5-17-13/h3-6,8,12,16H,2,7H2,1H3. The normalized spacial score (nSPS) is 12.6. The first-order chi connectivity index (χ1) is 8.70. The minimum Gasteiger partial charge on any atom is -0.309 e. The molecule has 0 radical (unpaired) electrons. The van der Waals surface area contributed by atoms with Gasteiger partial charge in [0.1, 0.15) is 5.82 Å². The molecule has 0 aliphatic rings. The first-order valence-corrected chi connectivity index (χ1v) is 7.44. The van der Waals surface area contributed by atoms with Crippen molar-refractivity contribution in [3.63, 3.8) is 0 Å². The monoisotopic (exact) mass is 328 g/mol. The Kier molecular flexibility index (Phi) is 4.86. The van der Waals surface area contributed by atoms with Crippen molar-refractivity contribution in [3.05, 3.63) is 50.6 Å². The van der Waals surface area contributed by atoms with Gasteiger partial charge in [0.05, 0.1) is 11.7 Å². The molecule has 2 heterocycles. The van der Waals surface area contributed by atoms with Crippen LogP contribution < -0.4 is 5.32 Å². The molecule has 0 aromatic carbocycles. The van der Waals surface area contributed by atoms with Gasteiger partial charge in [-0.2, -0.15) is 0 Å². The average molecular weight is 329 g/mol. The van der Waals surface area contributed by atoms with Crippen LogP contribution in [0.25, 0.3) is 0 Å². The highest BCUT2D eigenvalue weighted by Crippen LogP contribution is 2.25. The van der Waals surface area contributed by atoms with Crippen LogP contribution in [-0.2, 0) is 6.42 Å². The van der Waals surface area contributed by atoms with Gasteiger partial charge in [-0.05, 0) is 40.7 Å². The molecule has 1 N–H and O–H groups in total. The second kappa shape index (κ2) is 6.41. The van der Waals surface area contributed by atoms with Crippen LogP contribution in [0.5, 0.6) is 0 Å². The van der Waals surface area contributed by atoms with E-state index in [1.165, 1.54) is 10.9 Å². The number of pyridine rings is 1. The highest BCUT2D eigenvalue weighted by Gasteiger charge is 2.17. The molecule has 0 spiro atoms. The van der Waals surface area contributed by atoms with Gasteiger partial charge in [-0.1, -0.05) is 6.92 Å². The van der Waals surface area contributed by atoms with Crippen molar-refractivity contribution >= 4 is 27.3 Å². The number of rotatable bonds is 5. The Bertz CT molecular complexity index is 515. The third kappa shape index (κ3) is 3.37. The number of aromatic nitrogens is 1. The lowest BCUT2D eigenvalue weighted by Gasteiger charge is -2.17. The van der Waals surface area contributed by atoms with Crippen molar-refractivity contribution in [2.75, 3.05) is 6.54 Å². The third-order valence-electron chi connectivity index (χ3n) is 2.59. The molecule has 2 aromatic heterocycles. The molecule has 96 valence electrons. The Hall–Kier alpha value is -0.780. The van der Waals surface area contributed by atoms with Crippen molar-refractivity contribution in [1.29, 1.82) is 0 Å². The average Bonchev–Trinajstić information content (AvgIpc) is 2.75. The summed E-state index contributed by atoms with van der Waals surface area (Å²) < 4.78 is 14.8. The lowest BCUT2D eigenvalue weighted by molar-refractivity contribution is 0.496. The number of likely N-dealkylation sites (N-methyl/N-ethyl adjacent to an activating group) is 1. The lowest BCUT2D eigenvalue weighted by Crippen LogP contribution is -2.24. The van der Waals surface area contributed by atoms with Gasteiger partial charge in [0.15, 0.2) is 0 Å². The zero-order valence-corrected chi connectivity index (χ0v) is 12.4. The van der Waals surface area contributed by atoms with Crippen LogP contribution in [-0.4, -0.2) is 11.5 Å². The Labute approximate surface area is 118 Å². The van der Waals surface area contributed by atoms with E-state index in [9.17, 15) is 4.39 Å². The third-order valence-corrected chi connectivity index (χ3v) is 4.31. The van der Waals surface area contributed by atoms with E-state index in [0.29, 0.717) is 5.69 Å². The van der Waals surface area contributed by atoms with Crippen molar-refractivity contribution in [2.45, 2.75) is 19.4 Å². The van der Waals surface area contributed by atoms with Crippen molar-refractivity contribution in [2.24, 2.45) is 0 Å². The van der Waals surface area contributed by atoms with E-state index in [1.54, 1.807) is 23.6 Å². The summed E-state index contributed by atoms with van der Waals surface area (Å²) in [7, 11) is 0. The highest BCUT2D eigenvalue weighted by molar-refractivity contribution is 9.10. The van der Waals surface area contributed by atoms with Gasteiger partial charge >= 0.3 is 0 Å². The SMILES string of the molecule is CCNC(Cc1cc(Br)cs1)c1ncccc1F. The molecule has 18 heavy (non-hydrogen) atoms. The summed E-state index contributed by atoms with van der Waals surface area (Å²) in [5.74, 6) is -0.251. The fraction of sp³-hybridized carbons (Fsp3) is 0.308. The number of halogens is 2. The molecule has 0 saturated heterocycles. The highest BCUT2D eigenvalue weighted by atomic mass is 79.9. The second-order valence-electron chi connectivity index (χ2n) is 3.92. The van der Waals surface area contributed by atoms with Crippen LogP contribution in [0.3, 0.4) is 0 Å². The summed E-state index contributed by atoms with van der Waals surface area (Å²) in [5.41, 5.74) is 0.490. The van der Waals surface area contributed by atoms with E-state index in [0.717, 1.165) is 17.4 Å². The number of nitrogens with zero attached hydrogens (tertiary/aromatic N) is 1. The molecule has 0 aliphatic heterocycles. The summed E-state index contributed by atoms with van der Waals surface area (Å²) in [4.78, 5) is 5.36. The Balaban J connectivity index is 2.20. The number of thiophene rings is 1. The fourth-order valence-corrected chi connectivity index (χ4v) is 3.33. The summed E-state index contributed by atoms with van der Waals surface area (Å²) in [6.07, 6.45) is 2.38. The van der Waals surface area contributed by atoms with Crippen LogP contribution in [0.4, 0.5) is 4.39 Å². The van der Waals surface area contributed by atoms with Crippen LogP contribution in [0.1, 0.15) is 23.5 Å². The van der Waals surface area contributed by atoms with Crippen LogP contribution in [0.15, 0.2) is 34.2 Å². The second-order valence-corrected chi connectivity index (χ2v) is 5.83. The van der Waals surface area contributed by atoms with Gasteiger partial charge < -0.3 is 5.32 Å². The Morgan fingerprint density at radius 1 is 1.56 bits per heavy atom. The smallest absolute Gasteiger partial charge is 0.146 e. The molecule has 2 nitrogen and oxygen atoms in total. The largest absolute Gasteiger partial charge is 0.309 e. The van der Waals surface area contributed by atoms with E-state index in [-0.39, 0.29) is 11.9 Å². The molecular formula is C13H14BrFN2S. The van der Waals surface area contributed by atoms with Gasteiger partial charge in [-0.15, -0.1) is 11.3 Å². The molecule has 5 heteroatoms. The van der Waals surface area contributed by atoms with E-state index < -0.39 is 0 Å². The van der Waals surface area contributed by atoms with Crippen LogP contribution >= 0.6 is 27.3 Å². The fourth-order valence-electron chi connectivity index (χ4n) is 1.83. The van der Waals surface area contributed by atoms with E-state index >= 15 is 0 Å². The van der Waals surface area contributed by atoms with Crippen LogP contribution in [0, 0.1) is 5.82 Å². The lowest BCUT2D eigenvalue weighted by atomic mass is 10.1. The van der Waals surface area contributed by atoms with Gasteiger partial charge in [-0.3, -0.25) is 4.98 Å². The molecule has 2 aromatic rings. The summed E-state index contributed by atoms with van der Waals surface area (Å²) in [6, 6.07) is 5.05. The number of nitrogens with one attached hydrogen (secondary N) is 1. The quantitative estimate of drug-likeness (QED) is 0.899. The molecule has 0 bridgehead atoms. The predicted molar refractivity (Wildman–Crippen MR) is 76.3 cm³/mol. The molecule has 2 rings (SSSR count). The molecular weight excluding hydrogens is 315 g/mol. The maximum absolute atomic E-state index is 13.8. The predicted octanol–water partition coefficient (Wildman–Crippen LogP) is 3.94. The van der Waals surface area contributed by atoms with E-state index in [1.807, 2.05) is 12.3 Å². The van der Waals surface area contributed by atoms with Crippen molar-refractivity contribution in [3.8, 4) is 0 Å². The van der Waals surface area contributed by atoms with Gasteiger partial charge in [0.25, 0.3) is 0 Å². The summed E-state index contributed by atoms with van der Waals surface area (Å²) in [5, 5.41) is 5.32. The first kappa shape index (κ1) is 13.6. The van der Waals surface area contributed by atoms with E-state index in [4.69, 9.17) is 0 Å². The molecule has 1 atom stereocenters. The van der Waals surface area contributed by atoms with Crippen LogP contribution in [0.2, 0.25) is 0 Å². The number of hydrogen-bond donors (Lipinski definition) is 1. The maximum Gasteiger partial charge on any atom is 0.146 e. The molecule has 0 amide bonds. The Morgan fingerprint density at radius 3 is 3.00 bits per heavy atom. The van der Waals surface area contributed by atoms with E-state index in [2.05, 4.69) is 32.3 Å². The zero-order valence-electron chi connectivity index (χ0n) is 9.99. The minimum atomic E-state index is -0.251. The first-order valence-electron chi connectivity index (χ1n) is 5.77. The molecule has 1 unspecified atom stereocenters. The topological polar surface area (TPSA) is 24.9 Å². The summed E-state index contributed by atoms with van der Waals surface area (Å²) >= 11 is 5.10. The maximum atomic E-state index is 13.8.